The number of rotatable bonds is 6. The molecule has 0 unspecified atom stereocenters. The summed E-state index contributed by atoms with van der Waals surface area (Å²) in [5.41, 5.74) is -0.322. The molecule has 1 fully saturated rings. The van der Waals surface area contributed by atoms with Gasteiger partial charge in [0.25, 0.3) is 0 Å². The lowest BCUT2D eigenvalue weighted by atomic mass is 9.74. The molecule has 2 rings (SSSR count). The maximum absolute atomic E-state index is 12.5. The van der Waals surface area contributed by atoms with Gasteiger partial charge in [0.15, 0.2) is 0 Å². The standard InChI is InChI=1S/C18H25NO5/c1-2-10-18(17(23)24)12-19(11-9-15(18)21)16(22)8-5-13-3-6-14(20)7-4-13/h3-4,6-7,15,20-21H,2,5,8-12H2,1H3,(H,23,24)/t15-,18+/m0/s1. The number of amides is 1. The van der Waals surface area contributed by atoms with Crippen LogP contribution in [0.15, 0.2) is 24.3 Å². The van der Waals surface area contributed by atoms with E-state index in [0.717, 1.165) is 5.56 Å². The van der Waals surface area contributed by atoms with Crippen molar-refractivity contribution in [3.05, 3.63) is 29.8 Å². The number of carboxylic acids is 1. The summed E-state index contributed by atoms with van der Waals surface area (Å²) in [4.78, 5) is 25.8. The number of phenols is 1. The third-order valence-corrected chi connectivity index (χ3v) is 4.82. The second-order valence-electron chi connectivity index (χ2n) is 6.50. The molecule has 1 aromatic rings. The minimum Gasteiger partial charge on any atom is -0.508 e. The van der Waals surface area contributed by atoms with E-state index in [1.807, 2.05) is 6.92 Å². The zero-order chi connectivity index (χ0) is 17.7. The van der Waals surface area contributed by atoms with Crippen LogP contribution in [0.5, 0.6) is 5.75 Å². The second-order valence-corrected chi connectivity index (χ2v) is 6.50. The molecule has 1 aliphatic heterocycles. The van der Waals surface area contributed by atoms with Crippen LogP contribution in [0.4, 0.5) is 0 Å². The van der Waals surface area contributed by atoms with E-state index in [0.29, 0.717) is 25.8 Å². The summed E-state index contributed by atoms with van der Waals surface area (Å²) in [5, 5.41) is 29.1. The molecule has 1 aliphatic rings. The Kier molecular flexibility index (Phi) is 5.83. The Morgan fingerprint density at radius 3 is 2.54 bits per heavy atom. The van der Waals surface area contributed by atoms with Gasteiger partial charge < -0.3 is 20.2 Å². The first-order chi connectivity index (χ1) is 11.4. The third kappa shape index (κ3) is 3.87. The fourth-order valence-corrected chi connectivity index (χ4v) is 3.37. The summed E-state index contributed by atoms with van der Waals surface area (Å²) in [5.74, 6) is -0.953. The van der Waals surface area contributed by atoms with E-state index < -0.39 is 17.5 Å². The van der Waals surface area contributed by atoms with Crippen molar-refractivity contribution in [3.63, 3.8) is 0 Å². The topological polar surface area (TPSA) is 98.1 Å². The fraction of sp³-hybridized carbons (Fsp3) is 0.556. The highest BCUT2D eigenvalue weighted by molar-refractivity contribution is 5.80. The normalized spacial score (nSPS) is 23.9. The molecule has 0 aliphatic carbocycles. The van der Waals surface area contributed by atoms with Crippen molar-refractivity contribution in [1.82, 2.24) is 4.90 Å². The van der Waals surface area contributed by atoms with Crippen LogP contribution in [0.3, 0.4) is 0 Å². The van der Waals surface area contributed by atoms with E-state index in [1.54, 1.807) is 29.2 Å². The van der Waals surface area contributed by atoms with E-state index in [9.17, 15) is 24.9 Å². The fourth-order valence-electron chi connectivity index (χ4n) is 3.37. The lowest BCUT2D eigenvalue weighted by Crippen LogP contribution is -2.57. The lowest BCUT2D eigenvalue weighted by molar-refractivity contribution is -0.166. The predicted molar refractivity (Wildman–Crippen MR) is 88.6 cm³/mol. The molecule has 24 heavy (non-hydrogen) atoms. The molecule has 6 heteroatoms. The average molecular weight is 335 g/mol. The molecule has 3 N–H and O–H groups in total. The van der Waals surface area contributed by atoms with Gasteiger partial charge in [-0.2, -0.15) is 0 Å². The van der Waals surface area contributed by atoms with E-state index in [-0.39, 0.29) is 31.0 Å². The number of aliphatic hydroxyl groups is 1. The van der Waals surface area contributed by atoms with E-state index in [1.165, 1.54) is 0 Å². The van der Waals surface area contributed by atoms with Crippen molar-refractivity contribution in [2.75, 3.05) is 13.1 Å². The zero-order valence-electron chi connectivity index (χ0n) is 13.9. The molecule has 1 amide bonds. The molecule has 1 aromatic carbocycles. The van der Waals surface area contributed by atoms with Crippen LogP contribution in [0.2, 0.25) is 0 Å². The molecular formula is C18H25NO5. The van der Waals surface area contributed by atoms with Gasteiger partial charge in [-0.1, -0.05) is 25.5 Å². The summed E-state index contributed by atoms with van der Waals surface area (Å²) >= 11 is 0. The monoisotopic (exact) mass is 335 g/mol. The molecule has 1 saturated heterocycles. The highest BCUT2D eigenvalue weighted by atomic mass is 16.4. The Labute approximate surface area is 141 Å². The third-order valence-electron chi connectivity index (χ3n) is 4.82. The number of aliphatic carboxylic acids is 1. The van der Waals surface area contributed by atoms with Crippen molar-refractivity contribution in [3.8, 4) is 5.75 Å². The number of hydrogen-bond donors (Lipinski definition) is 3. The number of phenolic OH excluding ortho intramolecular Hbond substituents is 1. The van der Waals surface area contributed by atoms with Crippen molar-refractivity contribution in [2.45, 2.75) is 45.1 Å². The molecule has 2 atom stereocenters. The quantitative estimate of drug-likeness (QED) is 0.736. The van der Waals surface area contributed by atoms with Gasteiger partial charge in [-0.3, -0.25) is 9.59 Å². The molecular weight excluding hydrogens is 310 g/mol. The largest absolute Gasteiger partial charge is 0.508 e. The van der Waals surface area contributed by atoms with E-state index >= 15 is 0 Å². The number of aliphatic hydroxyl groups excluding tert-OH is 1. The van der Waals surface area contributed by atoms with Crippen LogP contribution < -0.4 is 0 Å². The Balaban J connectivity index is 2.01. The number of carbonyl (C=O) groups is 2. The van der Waals surface area contributed by atoms with Crippen molar-refractivity contribution in [2.24, 2.45) is 5.41 Å². The van der Waals surface area contributed by atoms with Crippen molar-refractivity contribution < 1.29 is 24.9 Å². The number of benzene rings is 1. The molecule has 1 heterocycles. The molecule has 0 bridgehead atoms. The molecule has 132 valence electrons. The summed E-state index contributed by atoms with van der Waals surface area (Å²) < 4.78 is 0. The second kappa shape index (κ2) is 7.66. The van der Waals surface area contributed by atoms with E-state index in [2.05, 4.69) is 0 Å². The first kappa shape index (κ1) is 18.3. The Bertz CT molecular complexity index is 586. The van der Waals surface area contributed by atoms with Gasteiger partial charge in [0.05, 0.1) is 6.10 Å². The summed E-state index contributed by atoms with van der Waals surface area (Å²) in [6.07, 6.45) is 1.17. The number of nitrogens with zero attached hydrogens (tertiary/aromatic N) is 1. The lowest BCUT2D eigenvalue weighted by Gasteiger charge is -2.43. The van der Waals surface area contributed by atoms with Gasteiger partial charge in [0, 0.05) is 19.5 Å². The smallest absolute Gasteiger partial charge is 0.314 e. The summed E-state index contributed by atoms with van der Waals surface area (Å²) in [6.45, 7) is 2.32. The Morgan fingerprint density at radius 1 is 1.29 bits per heavy atom. The first-order valence-electron chi connectivity index (χ1n) is 8.36. The predicted octanol–water partition coefficient (Wildman–Crippen LogP) is 1.79. The minimum absolute atomic E-state index is 0.0613. The minimum atomic E-state index is -1.26. The number of carboxylic acid groups (broad SMARTS) is 1. The van der Waals surface area contributed by atoms with Gasteiger partial charge in [0.2, 0.25) is 5.91 Å². The number of hydrogen-bond acceptors (Lipinski definition) is 4. The number of aryl methyl sites for hydroxylation is 1. The van der Waals surface area contributed by atoms with Gasteiger partial charge in [-0.05, 0) is 37.0 Å². The molecule has 0 saturated carbocycles. The molecule has 6 nitrogen and oxygen atoms in total. The number of piperidine rings is 1. The SMILES string of the molecule is CCC[C@@]1(C(=O)O)CN(C(=O)CCc2ccc(O)cc2)CC[C@@H]1O. The highest BCUT2D eigenvalue weighted by Gasteiger charge is 2.49. The van der Waals surface area contributed by atoms with Gasteiger partial charge in [0.1, 0.15) is 11.2 Å². The van der Waals surface area contributed by atoms with Crippen LogP contribution >= 0.6 is 0 Å². The van der Waals surface area contributed by atoms with Crippen LogP contribution in [-0.2, 0) is 16.0 Å². The first-order valence-corrected chi connectivity index (χ1v) is 8.36. The number of carbonyl (C=O) groups excluding carboxylic acids is 1. The zero-order valence-corrected chi connectivity index (χ0v) is 13.9. The highest BCUT2D eigenvalue weighted by Crippen LogP contribution is 2.35. The van der Waals surface area contributed by atoms with Crippen molar-refractivity contribution in [1.29, 1.82) is 0 Å². The van der Waals surface area contributed by atoms with Crippen LogP contribution in [0.1, 0.15) is 38.2 Å². The van der Waals surface area contributed by atoms with Gasteiger partial charge in [-0.25, -0.2) is 0 Å². The maximum atomic E-state index is 12.5. The summed E-state index contributed by atoms with van der Waals surface area (Å²) in [6, 6.07) is 6.68. The van der Waals surface area contributed by atoms with Crippen LogP contribution in [0, 0.1) is 5.41 Å². The van der Waals surface area contributed by atoms with Gasteiger partial charge >= 0.3 is 5.97 Å². The Hall–Kier alpha value is -2.08. The molecule has 0 radical (unpaired) electrons. The van der Waals surface area contributed by atoms with Crippen molar-refractivity contribution >= 4 is 11.9 Å². The number of aromatic hydroxyl groups is 1. The molecule has 0 aromatic heterocycles. The number of likely N-dealkylation sites (tertiary alicyclic amines) is 1. The average Bonchev–Trinajstić information content (AvgIpc) is 2.56. The molecule has 0 spiro atoms. The summed E-state index contributed by atoms with van der Waals surface area (Å²) in [7, 11) is 0. The van der Waals surface area contributed by atoms with Crippen LogP contribution in [0.25, 0.3) is 0 Å². The van der Waals surface area contributed by atoms with E-state index in [4.69, 9.17) is 0 Å². The van der Waals surface area contributed by atoms with Gasteiger partial charge in [-0.15, -0.1) is 0 Å². The van der Waals surface area contributed by atoms with Crippen LogP contribution in [-0.4, -0.2) is 51.3 Å². The maximum Gasteiger partial charge on any atom is 0.314 e. The Morgan fingerprint density at radius 2 is 1.96 bits per heavy atom.